The lowest BCUT2D eigenvalue weighted by molar-refractivity contribution is 0.343. The first-order valence-corrected chi connectivity index (χ1v) is 6.82. The van der Waals surface area contributed by atoms with Gasteiger partial charge in [-0.2, -0.15) is 0 Å². The van der Waals surface area contributed by atoms with Crippen molar-refractivity contribution in [1.29, 1.82) is 0 Å². The first-order valence-electron chi connectivity index (χ1n) is 6.00. The number of rotatable bonds is 5. The zero-order chi connectivity index (χ0) is 13.4. The van der Waals surface area contributed by atoms with Gasteiger partial charge in [-0.15, -0.1) is 11.3 Å². The van der Waals surface area contributed by atoms with E-state index in [0.29, 0.717) is 0 Å². The van der Waals surface area contributed by atoms with Crippen LogP contribution in [-0.4, -0.2) is 11.7 Å². The van der Waals surface area contributed by atoms with Crippen LogP contribution in [-0.2, 0) is 0 Å². The molecule has 96 valence electrons. The maximum atomic E-state index is 8.54. The van der Waals surface area contributed by atoms with Crippen molar-refractivity contribution in [3.8, 4) is 0 Å². The summed E-state index contributed by atoms with van der Waals surface area (Å²) in [6.07, 6.45) is 15.5. The summed E-state index contributed by atoms with van der Waals surface area (Å²) in [6.45, 7) is 6.58. The Bertz CT molecular complexity index is 487. The van der Waals surface area contributed by atoms with E-state index in [1.54, 1.807) is 6.08 Å². The lowest BCUT2D eigenvalue weighted by Crippen LogP contribution is -1.76. The molecule has 18 heavy (non-hydrogen) atoms. The summed E-state index contributed by atoms with van der Waals surface area (Å²) in [5.41, 5.74) is 2.72. The summed E-state index contributed by atoms with van der Waals surface area (Å²) >= 11 is 1.85. The fraction of sp³-hybridized carbons (Fsp3) is 0.250. The Morgan fingerprint density at radius 1 is 0.889 bits per heavy atom. The minimum absolute atomic E-state index is 0.0873. The minimum atomic E-state index is 0.0873. The maximum absolute atomic E-state index is 8.54. The third kappa shape index (κ3) is 4.47. The van der Waals surface area contributed by atoms with Gasteiger partial charge in [0.05, 0.1) is 6.61 Å². The second-order valence-electron chi connectivity index (χ2n) is 3.99. The van der Waals surface area contributed by atoms with E-state index in [9.17, 15) is 0 Å². The van der Waals surface area contributed by atoms with Crippen LogP contribution in [0.15, 0.2) is 42.5 Å². The molecule has 1 aromatic rings. The maximum Gasteiger partial charge on any atom is 0.0615 e. The molecule has 1 heterocycles. The predicted octanol–water partition coefficient (Wildman–Crippen LogP) is 4.35. The molecule has 0 unspecified atom stereocenters. The average molecular weight is 260 g/mol. The SMILES string of the molecule is Cc1sc(C)c(C=CC=CC=CC=CCO)c1C. The van der Waals surface area contributed by atoms with Gasteiger partial charge in [0.15, 0.2) is 0 Å². The second-order valence-corrected chi connectivity index (χ2v) is 5.42. The molecule has 2 heteroatoms. The van der Waals surface area contributed by atoms with Crippen LogP contribution in [0.1, 0.15) is 20.9 Å². The summed E-state index contributed by atoms with van der Waals surface area (Å²) in [5, 5.41) is 8.54. The van der Waals surface area contributed by atoms with E-state index in [1.165, 1.54) is 20.9 Å². The lowest BCUT2D eigenvalue weighted by atomic mass is 10.1. The van der Waals surface area contributed by atoms with Gasteiger partial charge in [-0.3, -0.25) is 0 Å². The first kappa shape index (κ1) is 14.7. The van der Waals surface area contributed by atoms with Gasteiger partial charge in [0, 0.05) is 9.75 Å². The summed E-state index contributed by atoms with van der Waals surface area (Å²) in [7, 11) is 0. The normalized spacial score (nSPS) is 12.9. The van der Waals surface area contributed by atoms with Gasteiger partial charge in [-0.1, -0.05) is 48.6 Å². The van der Waals surface area contributed by atoms with E-state index in [-0.39, 0.29) is 6.61 Å². The van der Waals surface area contributed by atoms with Crippen LogP contribution in [0.2, 0.25) is 0 Å². The molecule has 1 N–H and O–H groups in total. The van der Waals surface area contributed by atoms with Crippen molar-refractivity contribution in [3.05, 3.63) is 63.4 Å². The Kier molecular flexibility index (Phi) is 6.40. The van der Waals surface area contributed by atoms with Crippen molar-refractivity contribution in [2.24, 2.45) is 0 Å². The molecule has 0 fully saturated rings. The molecular weight excluding hydrogens is 240 g/mol. The van der Waals surface area contributed by atoms with Gasteiger partial charge in [-0.25, -0.2) is 0 Å². The Morgan fingerprint density at radius 2 is 1.50 bits per heavy atom. The van der Waals surface area contributed by atoms with Crippen LogP contribution in [0.4, 0.5) is 0 Å². The smallest absolute Gasteiger partial charge is 0.0615 e. The first-order chi connectivity index (χ1) is 8.66. The molecular formula is C16H20OS. The highest BCUT2D eigenvalue weighted by molar-refractivity contribution is 7.12. The van der Waals surface area contributed by atoms with Gasteiger partial charge in [-0.05, 0) is 31.9 Å². The van der Waals surface area contributed by atoms with E-state index >= 15 is 0 Å². The number of aliphatic hydroxyl groups is 1. The van der Waals surface area contributed by atoms with Gasteiger partial charge in [0.1, 0.15) is 0 Å². The Labute approximate surface area is 113 Å². The molecule has 0 aliphatic rings. The quantitative estimate of drug-likeness (QED) is 0.780. The summed E-state index contributed by atoms with van der Waals surface area (Å²) in [4.78, 5) is 2.77. The number of hydrogen-bond acceptors (Lipinski definition) is 2. The fourth-order valence-electron chi connectivity index (χ4n) is 1.61. The van der Waals surface area contributed by atoms with Crippen LogP contribution in [0.3, 0.4) is 0 Å². The zero-order valence-electron chi connectivity index (χ0n) is 11.2. The van der Waals surface area contributed by atoms with Crippen molar-refractivity contribution >= 4 is 17.4 Å². The highest BCUT2D eigenvalue weighted by Gasteiger charge is 2.04. The molecule has 1 nitrogen and oxygen atoms in total. The Morgan fingerprint density at radius 3 is 2.06 bits per heavy atom. The number of aliphatic hydroxyl groups excluding tert-OH is 1. The Balaban J connectivity index is 2.57. The summed E-state index contributed by atoms with van der Waals surface area (Å²) < 4.78 is 0. The predicted molar refractivity (Wildman–Crippen MR) is 82.1 cm³/mol. The minimum Gasteiger partial charge on any atom is -0.392 e. The van der Waals surface area contributed by atoms with Crippen molar-refractivity contribution in [2.75, 3.05) is 6.61 Å². The molecule has 0 saturated heterocycles. The number of hydrogen-bond donors (Lipinski definition) is 1. The number of thiophene rings is 1. The number of allylic oxidation sites excluding steroid dienone is 6. The van der Waals surface area contributed by atoms with Gasteiger partial charge in [0.2, 0.25) is 0 Å². The molecule has 0 aliphatic carbocycles. The molecule has 0 bridgehead atoms. The van der Waals surface area contributed by atoms with Crippen LogP contribution in [0, 0.1) is 20.8 Å². The van der Waals surface area contributed by atoms with Crippen molar-refractivity contribution in [1.82, 2.24) is 0 Å². The molecule has 0 saturated carbocycles. The van der Waals surface area contributed by atoms with Gasteiger partial charge in [0.25, 0.3) is 0 Å². The Hall–Kier alpha value is -1.38. The summed E-state index contributed by atoms with van der Waals surface area (Å²) in [6, 6.07) is 0. The summed E-state index contributed by atoms with van der Waals surface area (Å²) in [5.74, 6) is 0. The lowest BCUT2D eigenvalue weighted by Gasteiger charge is -1.92. The molecule has 0 amide bonds. The molecule has 0 aromatic carbocycles. The highest BCUT2D eigenvalue weighted by Crippen LogP contribution is 2.27. The zero-order valence-corrected chi connectivity index (χ0v) is 12.0. The molecule has 0 spiro atoms. The molecule has 0 aliphatic heterocycles. The second kappa shape index (κ2) is 7.85. The van der Waals surface area contributed by atoms with Crippen LogP contribution in [0.5, 0.6) is 0 Å². The van der Waals surface area contributed by atoms with Gasteiger partial charge < -0.3 is 5.11 Å². The molecule has 1 rings (SSSR count). The van der Waals surface area contributed by atoms with Crippen LogP contribution < -0.4 is 0 Å². The molecule has 0 radical (unpaired) electrons. The third-order valence-corrected chi connectivity index (χ3v) is 3.82. The molecule has 0 atom stereocenters. The fourth-order valence-corrected chi connectivity index (χ4v) is 2.66. The van der Waals surface area contributed by atoms with Gasteiger partial charge >= 0.3 is 0 Å². The van der Waals surface area contributed by atoms with E-state index < -0.39 is 0 Å². The van der Waals surface area contributed by atoms with E-state index in [4.69, 9.17) is 5.11 Å². The van der Waals surface area contributed by atoms with Crippen molar-refractivity contribution in [3.63, 3.8) is 0 Å². The highest BCUT2D eigenvalue weighted by atomic mass is 32.1. The van der Waals surface area contributed by atoms with Crippen LogP contribution in [0.25, 0.3) is 6.08 Å². The van der Waals surface area contributed by atoms with E-state index in [2.05, 4.69) is 32.9 Å². The van der Waals surface area contributed by atoms with Crippen molar-refractivity contribution in [2.45, 2.75) is 20.8 Å². The van der Waals surface area contributed by atoms with E-state index in [1.807, 2.05) is 41.7 Å². The van der Waals surface area contributed by atoms with E-state index in [0.717, 1.165) is 0 Å². The topological polar surface area (TPSA) is 20.2 Å². The average Bonchev–Trinajstić information content (AvgIpc) is 2.58. The standard InChI is InChI=1S/C16H20OS/c1-13-14(2)18-15(3)16(13)11-9-7-5-4-6-8-10-12-17/h4-11,17H,12H2,1-3H3. The number of aryl methyl sites for hydroxylation is 2. The van der Waals surface area contributed by atoms with Crippen LogP contribution >= 0.6 is 11.3 Å². The molecule has 1 aromatic heterocycles. The largest absolute Gasteiger partial charge is 0.392 e. The third-order valence-electron chi connectivity index (χ3n) is 2.68. The monoisotopic (exact) mass is 260 g/mol. The van der Waals surface area contributed by atoms with Crippen molar-refractivity contribution < 1.29 is 5.11 Å².